The summed E-state index contributed by atoms with van der Waals surface area (Å²) in [6, 6.07) is 8.52. The van der Waals surface area contributed by atoms with Crippen molar-refractivity contribution in [1.29, 1.82) is 0 Å². The molecule has 0 fully saturated rings. The van der Waals surface area contributed by atoms with E-state index in [4.69, 9.17) is 0 Å². The van der Waals surface area contributed by atoms with Crippen LogP contribution in [0.5, 0.6) is 0 Å². The van der Waals surface area contributed by atoms with Crippen molar-refractivity contribution < 1.29 is 12.8 Å². The van der Waals surface area contributed by atoms with E-state index in [1.807, 2.05) is 38.3 Å². The maximum Gasteiger partial charge on any atom is 0.236 e. The quantitative estimate of drug-likeness (QED) is 0.498. The number of nitrogens with one attached hydrogen (secondary N) is 1. The SMILES string of the molecule is CCc1nnc2n1-c1c(cc(F)c(-c3cccc4c3ccn4S(C)(=O)=O)c1C)NC2(C)C. The van der Waals surface area contributed by atoms with Gasteiger partial charge in [0.05, 0.1) is 28.7 Å². The monoisotopic (exact) mass is 453 g/mol. The van der Waals surface area contributed by atoms with Crippen LogP contribution in [0.3, 0.4) is 0 Å². The molecule has 0 radical (unpaired) electrons. The van der Waals surface area contributed by atoms with Crippen LogP contribution in [0, 0.1) is 12.7 Å². The Hall–Kier alpha value is -3.20. The number of aryl methyl sites for hydroxylation is 1. The molecule has 0 unspecified atom stereocenters. The number of aromatic nitrogens is 4. The lowest BCUT2D eigenvalue weighted by atomic mass is 9.92. The minimum atomic E-state index is -3.48. The highest BCUT2D eigenvalue weighted by Crippen LogP contribution is 2.44. The Kier molecular flexibility index (Phi) is 4.30. The summed E-state index contributed by atoms with van der Waals surface area (Å²) in [5.74, 6) is 1.19. The zero-order valence-electron chi connectivity index (χ0n) is 18.6. The van der Waals surface area contributed by atoms with E-state index in [0.29, 0.717) is 34.1 Å². The molecule has 9 heteroatoms. The normalized spacial score (nSPS) is 14.8. The molecule has 1 aliphatic rings. The fourth-order valence-electron chi connectivity index (χ4n) is 4.71. The number of hydrogen-bond donors (Lipinski definition) is 1. The van der Waals surface area contributed by atoms with Crippen molar-refractivity contribution in [2.24, 2.45) is 0 Å². The molecular formula is C23H24FN5O2S. The van der Waals surface area contributed by atoms with Crippen molar-refractivity contribution in [3.63, 3.8) is 0 Å². The summed E-state index contributed by atoms with van der Waals surface area (Å²) < 4.78 is 43.2. The maximum atomic E-state index is 15.6. The van der Waals surface area contributed by atoms with Crippen molar-refractivity contribution in [3.05, 3.63) is 59.6 Å². The van der Waals surface area contributed by atoms with Gasteiger partial charge in [0.1, 0.15) is 11.6 Å². The molecule has 0 amide bonds. The third-order valence-electron chi connectivity index (χ3n) is 6.10. The summed E-state index contributed by atoms with van der Waals surface area (Å²) in [5.41, 5.74) is 3.30. The minimum Gasteiger partial charge on any atom is -0.371 e. The lowest BCUT2D eigenvalue weighted by Gasteiger charge is -2.35. The number of hydrogen-bond acceptors (Lipinski definition) is 5. The van der Waals surface area contributed by atoms with E-state index in [1.165, 1.54) is 16.2 Å². The third kappa shape index (κ3) is 2.80. The van der Waals surface area contributed by atoms with Gasteiger partial charge in [-0.3, -0.25) is 4.57 Å². The van der Waals surface area contributed by atoms with Crippen LogP contribution in [0.15, 0.2) is 36.5 Å². The van der Waals surface area contributed by atoms with Crippen LogP contribution in [0.4, 0.5) is 10.1 Å². The van der Waals surface area contributed by atoms with E-state index in [2.05, 4.69) is 15.5 Å². The van der Waals surface area contributed by atoms with Crippen LogP contribution >= 0.6 is 0 Å². The second-order valence-electron chi connectivity index (χ2n) is 8.75. The average molecular weight is 454 g/mol. The van der Waals surface area contributed by atoms with Gasteiger partial charge in [0, 0.05) is 23.6 Å². The van der Waals surface area contributed by atoms with Gasteiger partial charge in [0.25, 0.3) is 0 Å². The first-order valence-electron chi connectivity index (χ1n) is 10.4. The highest BCUT2D eigenvalue weighted by molar-refractivity contribution is 7.89. The molecule has 0 aliphatic carbocycles. The zero-order valence-corrected chi connectivity index (χ0v) is 19.4. The number of rotatable bonds is 3. The van der Waals surface area contributed by atoms with Crippen molar-refractivity contribution >= 4 is 26.6 Å². The number of fused-ring (bicyclic) bond motifs is 4. The van der Waals surface area contributed by atoms with Gasteiger partial charge < -0.3 is 5.32 Å². The van der Waals surface area contributed by atoms with Gasteiger partial charge >= 0.3 is 0 Å². The molecule has 0 atom stereocenters. The molecule has 1 N–H and O–H groups in total. The van der Waals surface area contributed by atoms with Gasteiger partial charge in [-0.25, -0.2) is 16.8 Å². The predicted molar refractivity (Wildman–Crippen MR) is 123 cm³/mol. The zero-order chi connectivity index (χ0) is 23.0. The molecule has 5 rings (SSSR count). The van der Waals surface area contributed by atoms with Crippen LogP contribution in [-0.4, -0.2) is 33.4 Å². The van der Waals surface area contributed by atoms with Crippen LogP contribution < -0.4 is 5.32 Å². The second kappa shape index (κ2) is 6.65. The van der Waals surface area contributed by atoms with Gasteiger partial charge in [-0.2, -0.15) is 0 Å². The summed E-state index contributed by atoms with van der Waals surface area (Å²) in [6.07, 6.45) is 3.34. The lowest BCUT2D eigenvalue weighted by Crippen LogP contribution is -2.36. The number of halogens is 1. The number of anilines is 1. The standard InChI is InChI=1S/C23H24FN5O2S/c1-6-19-26-27-22-23(3,4)25-17-12-16(24)20(13(2)21(17)29(19)22)15-8-7-9-18-14(15)10-11-28(18)32(5,30)31/h7-12,25H,6H2,1-5H3. The first-order chi connectivity index (χ1) is 15.0. The van der Waals surface area contributed by atoms with Crippen LogP contribution in [0.2, 0.25) is 0 Å². The molecule has 0 bridgehead atoms. The summed E-state index contributed by atoms with van der Waals surface area (Å²) in [7, 11) is -3.48. The maximum absolute atomic E-state index is 15.6. The molecule has 1 aliphatic heterocycles. The summed E-state index contributed by atoms with van der Waals surface area (Å²) in [6.45, 7) is 7.88. The Balaban J connectivity index is 1.84. The highest BCUT2D eigenvalue weighted by atomic mass is 32.2. The summed E-state index contributed by atoms with van der Waals surface area (Å²) in [4.78, 5) is 0. The van der Waals surface area contributed by atoms with Crippen molar-refractivity contribution in [2.75, 3.05) is 11.6 Å². The Morgan fingerprint density at radius 1 is 1.19 bits per heavy atom. The van der Waals surface area contributed by atoms with Crippen molar-refractivity contribution in [3.8, 4) is 16.8 Å². The van der Waals surface area contributed by atoms with Gasteiger partial charge in [0.15, 0.2) is 5.82 Å². The van der Waals surface area contributed by atoms with E-state index in [0.717, 1.165) is 29.2 Å². The van der Waals surface area contributed by atoms with Crippen LogP contribution in [0.1, 0.15) is 38.0 Å². The van der Waals surface area contributed by atoms with E-state index in [-0.39, 0.29) is 5.82 Å². The molecular weight excluding hydrogens is 429 g/mol. The molecule has 2 aromatic heterocycles. The molecule has 2 aromatic carbocycles. The van der Waals surface area contributed by atoms with Crippen molar-refractivity contribution in [2.45, 2.75) is 39.7 Å². The number of benzene rings is 2. The van der Waals surface area contributed by atoms with Gasteiger partial charge in [-0.1, -0.05) is 19.1 Å². The highest BCUT2D eigenvalue weighted by Gasteiger charge is 2.36. The molecule has 7 nitrogen and oxygen atoms in total. The molecule has 32 heavy (non-hydrogen) atoms. The Morgan fingerprint density at radius 3 is 2.62 bits per heavy atom. The van der Waals surface area contributed by atoms with Crippen molar-refractivity contribution in [1.82, 2.24) is 18.7 Å². The van der Waals surface area contributed by atoms with E-state index < -0.39 is 15.6 Å². The largest absolute Gasteiger partial charge is 0.371 e. The molecule has 0 saturated heterocycles. The summed E-state index contributed by atoms with van der Waals surface area (Å²) in [5, 5.41) is 12.9. The fraction of sp³-hybridized carbons (Fsp3) is 0.304. The molecule has 0 spiro atoms. The van der Waals surface area contributed by atoms with E-state index in [9.17, 15) is 8.42 Å². The van der Waals surface area contributed by atoms with Crippen LogP contribution in [-0.2, 0) is 22.0 Å². The predicted octanol–water partition coefficient (Wildman–Crippen LogP) is 4.37. The first kappa shape index (κ1) is 20.7. The van der Waals surface area contributed by atoms with Gasteiger partial charge in [-0.05, 0) is 50.1 Å². The Labute approximate surface area is 185 Å². The molecule has 166 valence electrons. The average Bonchev–Trinajstić information content (AvgIpc) is 3.32. The number of nitrogens with zero attached hydrogens (tertiary/aromatic N) is 4. The first-order valence-corrected chi connectivity index (χ1v) is 12.3. The molecule has 0 saturated carbocycles. The van der Waals surface area contributed by atoms with E-state index in [1.54, 1.807) is 18.2 Å². The molecule has 4 aromatic rings. The van der Waals surface area contributed by atoms with Gasteiger partial charge in [-0.15, -0.1) is 10.2 Å². The summed E-state index contributed by atoms with van der Waals surface area (Å²) >= 11 is 0. The van der Waals surface area contributed by atoms with Gasteiger partial charge in [0.2, 0.25) is 10.0 Å². The molecule has 3 heterocycles. The topological polar surface area (TPSA) is 81.8 Å². The lowest BCUT2D eigenvalue weighted by molar-refractivity contribution is 0.531. The second-order valence-corrected chi connectivity index (χ2v) is 10.6. The third-order valence-corrected chi connectivity index (χ3v) is 7.13. The minimum absolute atomic E-state index is 0.376. The van der Waals surface area contributed by atoms with Crippen LogP contribution in [0.25, 0.3) is 27.7 Å². The smallest absolute Gasteiger partial charge is 0.236 e. The Morgan fingerprint density at radius 2 is 1.94 bits per heavy atom. The Bertz CT molecular complexity index is 1520. The fourth-order valence-corrected chi connectivity index (χ4v) is 5.51. The van der Waals surface area contributed by atoms with E-state index >= 15 is 4.39 Å².